The topological polar surface area (TPSA) is 92.5 Å². The van der Waals surface area contributed by atoms with Gasteiger partial charge in [-0.3, -0.25) is 4.57 Å². The van der Waals surface area contributed by atoms with Crippen molar-refractivity contribution in [2.45, 2.75) is 26.4 Å². The van der Waals surface area contributed by atoms with Gasteiger partial charge < -0.3 is 20.1 Å². The predicted octanol–water partition coefficient (Wildman–Crippen LogP) is 2.76. The van der Waals surface area contributed by atoms with Crippen molar-refractivity contribution in [3.63, 3.8) is 0 Å². The van der Waals surface area contributed by atoms with Crippen molar-refractivity contribution < 1.29 is 9.84 Å². The molecule has 0 radical (unpaired) electrons. The van der Waals surface area contributed by atoms with E-state index in [4.69, 9.17) is 21.3 Å². The first-order valence-corrected chi connectivity index (χ1v) is 11.2. The van der Waals surface area contributed by atoms with E-state index in [1.165, 1.54) is 0 Å². The molecule has 1 aliphatic rings. The van der Waals surface area contributed by atoms with Crippen LogP contribution in [0, 0.1) is 5.92 Å². The highest BCUT2D eigenvalue weighted by atomic mass is 35.5. The van der Waals surface area contributed by atoms with Crippen LogP contribution in [0.25, 0.3) is 11.0 Å². The first-order valence-electron chi connectivity index (χ1n) is 10.8. The molecule has 9 heteroatoms. The number of aliphatic hydroxyl groups is 1. The molecule has 1 aromatic carbocycles. The van der Waals surface area contributed by atoms with Crippen LogP contribution in [0.4, 0.5) is 11.5 Å². The highest BCUT2D eigenvalue weighted by Gasteiger charge is 2.20. The summed E-state index contributed by atoms with van der Waals surface area (Å²) in [5.74, 6) is 0.541. The molecule has 1 atom stereocenters. The van der Waals surface area contributed by atoms with Gasteiger partial charge in [0.1, 0.15) is 5.52 Å². The van der Waals surface area contributed by atoms with Gasteiger partial charge in [0.2, 0.25) is 0 Å². The van der Waals surface area contributed by atoms with Crippen LogP contribution < -0.4 is 15.9 Å². The Morgan fingerprint density at radius 2 is 1.94 bits per heavy atom. The quantitative estimate of drug-likeness (QED) is 0.563. The number of nitrogens with one attached hydrogen (secondary N) is 1. The fourth-order valence-corrected chi connectivity index (χ4v) is 3.89. The monoisotopic (exact) mass is 457 g/mol. The number of morpholine rings is 1. The van der Waals surface area contributed by atoms with Crippen LogP contribution in [0.2, 0.25) is 5.02 Å². The van der Waals surface area contributed by atoms with E-state index in [2.05, 4.69) is 15.2 Å². The van der Waals surface area contributed by atoms with E-state index in [9.17, 15) is 9.90 Å². The van der Waals surface area contributed by atoms with Gasteiger partial charge in [0.15, 0.2) is 5.82 Å². The van der Waals surface area contributed by atoms with Crippen molar-refractivity contribution in [1.82, 2.24) is 14.5 Å². The zero-order chi connectivity index (χ0) is 22.7. The lowest BCUT2D eigenvalue weighted by Crippen LogP contribution is -2.36. The first kappa shape index (κ1) is 22.5. The van der Waals surface area contributed by atoms with Crippen molar-refractivity contribution >= 4 is 34.1 Å². The second-order valence-electron chi connectivity index (χ2n) is 8.29. The van der Waals surface area contributed by atoms with Gasteiger partial charge in [-0.1, -0.05) is 37.6 Å². The van der Waals surface area contributed by atoms with E-state index < -0.39 is 0 Å². The number of rotatable bonds is 7. The minimum Gasteiger partial charge on any atom is -0.394 e. The summed E-state index contributed by atoms with van der Waals surface area (Å²) in [6.07, 6.45) is 1.81. The number of hydrogen-bond acceptors (Lipinski definition) is 7. The Balaban J connectivity index is 1.82. The molecular weight excluding hydrogens is 430 g/mol. The maximum Gasteiger partial charge on any atom is 0.350 e. The smallest absolute Gasteiger partial charge is 0.350 e. The van der Waals surface area contributed by atoms with E-state index in [1.807, 2.05) is 32.0 Å². The maximum atomic E-state index is 13.1. The lowest BCUT2D eigenvalue weighted by atomic mass is 10.1. The lowest BCUT2D eigenvalue weighted by molar-refractivity contribution is 0.122. The van der Waals surface area contributed by atoms with Crippen LogP contribution in [-0.4, -0.2) is 58.6 Å². The first-order chi connectivity index (χ1) is 15.5. The zero-order valence-corrected chi connectivity index (χ0v) is 19.0. The fourth-order valence-electron chi connectivity index (χ4n) is 3.76. The number of aromatic nitrogens is 3. The number of anilines is 2. The Morgan fingerprint density at radius 1 is 1.22 bits per heavy atom. The number of aliphatic hydroxyl groups excluding tert-OH is 1. The van der Waals surface area contributed by atoms with E-state index in [0.29, 0.717) is 41.6 Å². The van der Waals surface area contributed by atoms with Gasteiger partial charge in [-0.05, 0) is 29.7 Å². The maximum absolute atomic E-state index is 13.1. The van der Waals surface area contributed by atoms with Crippen LogP contribution in [0.3, 0.4) is 0 Å². The molecule has 0 aliphatic carbocycles. The minimum absolute atomic E-state index is 0.0689. The van der Waals surface area contributed by atoms with E-state index in [1.54, 1.807) is 22.9 Å². The summed E-state index contributed by atoms with van der Waals surface area (Å²) in [5.41, 5.74) is 2.77. The SMILES string of the molecule is CC(C)[C@@H](CO)Nc1nc(=O)n(Cc2ccc(Cl)cc2)c2cc(N3CCOCC3)cnc12. The van der Waals surface area contributed by atoms with E-state index >= 15 is 0 Å². The van der Waals surface area contributed by atoms with Gasteiger partial charge in [-0.25, -0.2) is 9.78 Å². The molecule has 0 saturated carbocycles. The van der Waals surface area contributed by atoms with Crippen molar-refractivity contribution in [3.8, 4) is 0 Å². The van der Waals surface area contributed by atoms with Gasteiger partial charge in [0, 0.05) is 18.1 Å². The summed E-state index contributed by atoms with van der Waals surface area (Å²) in [4.78, 5) is 24.3. The summed E-state index contributed by atoms with van der Waals surface area (Å²) in [5, 5.41) is 13.6. The van der Waals surface area contributed by atoms with Crippen LogP contribution >= 0.6 is 11.6 Å². The number of benzene rings is 1. The van der Waals surface area contributed by atoms with Gasteiger partial charge in [0.25, 0.3) is 0 Å². The highest BCUT2D eigenvalue weighted by Crippen LogP contribution is 2.25. The zero-order valence-electron chi connectivity index (χ0n) is 18.3. The van der Waals surface area contributed by atoms with Gasteiger partial charge >= 0.3 is 5.69 Å². The number of nitrogens with zero attached hydrogens (tertiary/aromatic N) is 4. The predicted molar refractivity (Wildman–Crippen MR) is 127 cm³/mol. The van der Waals surface area contributed by atoms with Crippen LogP contribution in [0.15, 0.2) is 41.3 Å². The van der Waals surface area contributed by atoms with Crippen molar-refractivity contribution in [2.24, 2.45) is 5.92 Å². The third-order valence-electron chi connectivity index (χ3n) is 5.76. The number of halogens is 1. The summed E-state index contributed by atoms with van der Waals surface area (Å²) < 4.78 is 7.10. The van der Waals surface area contributed by atoms with Crippen LogP contribution in [0.5, 0.6) is 0 Å². The molecule has 0 unspecified atom stereocenters. The number of pyridine rings is 1. The van der Waals surface area contributed by atoms with Crippen molar-refractivity contribution in [3.05, 3.63) is 57.6 Å². The molecule has 0 bridgehead atoms. The Bertz CT molecular complexity index is 1130. The molecular formula is C23H28ClN5O3. The molecule has 1 aliphatic heterocycles. The average Bonchev–Trinajstić information content (AvgIpc) is 2.81. The van der Waals surface area contributed by atoms with Crippen LogP contribution in [-0.2, 0) is 11.3 Å². The molecule has 3 aromatic rings. The molecule has 3 heterocycles. The molecule has 1 fully saturated rings. The normalized spacial score (nSPS) is 15.3. The number of hydrogen-bond donors (Lipinski definition) is 2. The van der Waals surface area contributed by atoms with Gasteiger partial charge in [0.05, 0.1) is 49.8 Å². The molecule has 4 rings (SSSR count). The molecule has 1 saturated heterocycles. The van der Waals surface area contributed by atoms with E-state index in [0.717, 1.165) is 24.3 Å². The number of ether oxygens (including phenoxy) is 1. The summed E-state index contributed by atoms with van der Waals surface area (Å²) in [6, 6.07) is 9.15. The third kappa shape index (κ3) is 4.87. The molecule has 170 valence electrons. The Labute approximate surface area is 191 Å². The summed E-state index contributed by atoms with van der Waals surface area (Å²) in [7, 11) is 0. The van der Waals surface area contributed by atoms with E-state index in [-0.39, 0.29) is 24.3 Å². The lowest BCUT2D eigenvalue weighted by Gasteiger charge is -2.29. The second kappa shape index (κ2) is 9.85. The Kier molecular flexibility index (Phi) is 6.93. The Hall–Kier alpha value is -2.68. The molecule has 8 nitrogen and oxygen atoms in total. The minimum atomic E-state index is -0.378. The molecule has 2 aromatic heterocycles. The molecule has 2 N–H and O–H groups in total. The summed E-state index contributed by atoms with van der Waals surface area (Å²) in [6.45, 7) is 7.14. The number of fused-ring (bicyclic) bond motifs is 1. The highest BCUT2D eigenvalue weighted by molar-refractivity contribution is 6.30. The average molecular weight is 458 g/mol. The Morgan fingerprint density at radius 3 is 2.59 bits per heavy atom. The van der Waals surface area contributed by atoms with Gasteiger partial charge in [-0.2, -0.15) is 4.98 Å². The van der Waals surface area contributed by atoms with Gasteiger partial charge in [-0.15, -0.1) is 0 Å². The second-order valence-corrected chi connectivity index (χ2v) is 8.73. The van der Waals surface area contributed by atoms with Crippen molar-refractivity contribution in [1.29, 1.82) is 0 Å². The largest absolute Gasteiger partial charge is 0.394 e. The fraction of sp³-hybridized carbons (Fsp3) is 0.435. The molecule has 0 amide bonds. The third-order valence-corrected chi connectivity index (χ3v) is 6.01. The van der Waals surface area contributed by atoms with Crippen molar-refractivity contribution in [2.75, 3.05) is 43.1 Å². The summed E-state index contributed by atoms with van der Waals surface area (Å²) >= 11 is 6.02. The molecule has 32 heavy (non-hydrogen) atoms. The standard InChI is InChI=1S/C23H28ClN5O3/c1-15(2)19(14-30)26-22-21-20(11-18(12-25-21)28-7-9-32-10-8-28)29(23(31)27-22)13-16-3-5-17(24)6-4-16/h3-6,11-12,15,19,30H,7-10,13-14H2,1-2H3,(H,26,27,31)/t19-/m1/s1. The molecule has 0 spiro atoms. The van der Waals surface area contributed by atoms with Crippen LogP contribution in [0.1, 0.15) is 19.4 Å².